The first-order chi connectivity index (χ1) is 8.70. The van der Waals surface area contributed by atoms with Crippen LogP contribution in [0.3, 0.4) is 0 Å². The van der Waals surface area contributed by atoms with Crippen LogP contribution in [0.15, 0.2) is 46.5 Å². The summed E-state index contributed by atoms with van der Waals surface area (Å²) in [4.78, 5) is 5.35. The zero-order chi connectivity index (χ0) is 13.0. The molecule has 18 heavy (non-hydrogen) atoms. The summed E-state index contributed by atoms with van der Waals surface area (Å²) >= 11 is 13.6. The molecule has 0 aliphatic carbocycles. The van der Waals surface area contributed by atoms with Crippen LogP contribution in [0, 0.1) is 0 Å². The number of nitrogens with zero attached hydrogens (tertiary/aromatic N) is 1. The normalized spacial score (nSPS) is 10.6. The van der Waals surface area contributed by atoms with Crippen LogP contribution >= 0.6 is 35.0 Å². The van der Waals surface area contributed by atoms with Gasteiger partial charge in [0.05, 0.1) is 5.02 Å². The van der Waals surface area contributed by atoms with E-state index in [1.807, 2.05) is 30.3 Å². The minimum atomic E-state index is 0.587. The summed E-state index contributed by atoms with van der Waals surface area (Å²) in [5.41, 5.74) is 6.73. The molecular formula is C13H12Cl2N2S. The molecular weight excluding hydrogens is 287 g/mol. The lowest BCUT2D eigenvalue weighted by Crippen LogP contribution is -2.03. The standard InChI is InChI=1S/C13H12Cl2N2S/c14-10-3-4-12(9(8-10)5-6-16)18-13-11(15)2-1-7-17-13/h1-4,7-8H,5-6,16H2. The molecule has 2 aromatic rings. The summed E-state index contributed by atoms with van der Waals surface area (Å²) in [5.74, 6) is 0. The average molecular weight is 299 g/mol. The summed E-state index contributed by atoms with van der Waals surface area (Å²) in [6.45, 7) is 0.587. The molecule has 0 unspecified atom stereocenters. The van der Waals surface area contributed by atoms with Gasteiger partial charge in [0.1, 0.15) is 5.03 Å². The van der Waals surface area contributed by atoms with E-state index < -0.39 is 0 Å². The molecule has 1 heterocycles. The quantitative estimate of drug-likeness (QED) is 0.926. The Bertz CT molecular complexity index is 546. The van der Waals surface area contributed by atoms with Crippen molar-refractivity contribution in [2.24, 2.45) is 5.73 Å². The lowest BCUT2D eigenvalue weighted by Gasteiger charge is -2.09. The Balaban J connectivity index is 2.31. The van der Waals surface area contributed by atoms with Crippen molar-refractivity contribution in [2.45, 2.75) is 16.3 Å². The Labute approximate surface area is 121 Å². The summed E-state index contributed by atoms with van der Waals surface area (Å²) < 4.78 is 0. The molecule has 0 aliphatic heterocycles. The monoisotopic (exact) mass is 298 g/mol. The van der Waals surface area contributed by atoms with Crippen LogP contribution in [0.1, 0.15) is 5.56 Å². The maximum absolute atomic E-state index is 6.10. The summed E-state index contributed by atoms with van der Waals surface area (Å²) in [7, 11) is 0. The highest BCUT2D eigenvalue weighted by Crippen LogP contribution is 2.34. The van der Waals surface area contributed by atoms with Gasteiger partial charge in [0.25, 0.3) is 0 Å². The predicted molar refractivity (Wildman–Crippen MR) is 77.6 cm³/mol. The third-order valence-corrected chi connectivity index (χ3v) is 4.16. The molecule has 2 N–H and O–H groups in total. The first-order valence-corrected chi connectivity index (χ1v) is 7.05. The number of pyridine rings is 1. The van der Waals surface area contributed by atoms with E-state index in [2.05, 4.69) is 4.98 Å². The molecule has 2 rings (SSSR count). The van der Waals surface area contributed by atoms with Crippen LogP contribution in [0.2, 0.25) is 10.0 Å². The largest absolute Gasteiger partial charge is 0.330 e. The third-order valence-electron chi connectivity index (χ3n) is 2.37. The van der Waals surface area contributed by atoms with Crippen LogP contribution in [0.5, 0.6) is 0 Å². The maximum Gasteiger partial charge on any atom is 0.119 e. The molecule has 0 saturated carbocycles. The maximum atomic E-state index is 6.10. The van der Waals surface area contributed by atoms with Crippen LogP contribution in [-0.2, 0) is 6.42 Å². The molecule has 94 valence electrons. The second-order valence-corrected chi connectivity index (χ2v) is 5.56. The van der Waals surface area contributed by atoms with Crippen molar-refractivity contribution in [1.29, 1.82) is 0 Å². The number of hydrogen-bond acceptors (Lipinski definition) is 3. The average Bonchev–Trinajstić information content (AvgIpc) is 2.35. The van der Waals surface area contributed by atoms with Gasteiger partial charge in [-0.3, -0.25) is 0 Å². The van der Waals surface area contributed by atoms with Gasteiger partial charge in [-0.15, -0.1) is 0 Å². The van der Waals surface area contributed by atoms with E-state index >= 15 is 0 Å². The Hall–Kier alpha value is -0.740. The van der Waals surface area contributed by atoms with Crippen LogP contribution in [0.25, 0.3) is 0 Å². The molecule has 1 aromatic heterocycles. The predicted octanol–water partition coefficient (Wildman–Crippen LogP) is 4.04. The zero-order valence-corrected chi connectivity index (χ0v) is 11.9. The van der Waals surface area contributed by atoms with E-state index in [9.17, 15) is 0 Å². The van der Waals surface area contributed by atoms with E-state index in [1.54, 1.807) is 6.20 Å². The van der Waals surface area contributed by atoms with Gasteiger partial charge in [0.2, 0.25) is 0 Å². The number of nitrogens with two attached hydrogens (primary N) is 1. The van der Waals surface area contributed by atoms with Gasteiger partial charge in [-0.2, -0.15) is 0 Å². The highest BCUT2D eigenvalue weighted by Gasteiger charge is 2.08. The topological polar surface area (TPSA) is 38.9 Å². The fourth-order valence-corrected chi connectivity index (χ4v) is 2.90. The van der Waals surface area contributed by atoms with E-state index in [4.69, 9.17) is 28.9 Å². The molecule has 0 aliphatic rings. The van der Waals surface area contributed by atoms with Crippen molar-refractivity contribution >= 4 is 35.0 Å². The number of rotatable bonds is 4. The van der Waals surface area contributed by atoms with E-state index in [0.29, 0.717) is 11.6 Å². The van der Waals surface area contributed by atoms with Gasteiger partial charge in [-0.1, -0.05) is 35.0 Å². The molecule has 1 aromatic carbocycles. The van der Waals surface area contributed by atoms with Gasteiger partial charge in [0.15, 0.2) is 0 Å². The molecule has 0 spiro atoms. The van der Waals surface area contributed by atoms with Crippen molar-refractivity contribution in [1.82, 2.24) is 4.98 Å². The Morgan fingerprint density at radius 1 is 1.22 bits per heavy atom. The van der Waals surface area contributed by atoms with E-state index in [-0.39, 0.29) is 0 Å². The van der Waals surface area contributed by atoms with Crippen LogP contribution < -0.4 is 5.73 Å². The minimum Gasteiger partial charge on any atom is -0.330 e. The summed E-state index contributed by atoms with van der Waals surface area (Å²) in [5, 5.41) is 2.16. The lowest BCUT2D eigenvalue weighted by atomic mass is 10.1. The highest BCUT2D eigenvalue weighted by atomic mass is 35.5. The van der Waals surface area contributed by atoms with Crippen LogP contribution in [-0.4, -0.2) is 11.5 Å². The second-order valence-electron chi connectivity index (χ2n) is 3.68. The van der Waals surface area contributed by atoms with Crippen molar-refractivity contribution in [3.05, 3.63) is 52.1 Å². The van der Waals surface area contributed by atoms with Crippen molar-refractivity contribution in [2.75, 3.05) is 6.54 Å². The van der Waals surface area contributed by atoms with Crippen molar-refractivity contribution < 1.29 is 0 Å². The molecule has 0 bridgehead atoms. The van der Waals surface area contributed by atoms with Crippen molar-refractivity contribution in [3.8, 4) is 0 Å². The number of hydrogen-bond donors (Lipinski definition) is 1. The van der Waals surface area contributed by atoms with Crippen LogP contribution in [0.4, 0.5) is 0 Å². The molecule has 0 atom stereocenters. The smallest absolute Gasteiger partial charge is 0.119 e. The SMILES string of the molecule is NCCc1cc(Cl)ccc1Sc1ncccc1Cl. The highest BCUT2D eigenvalue weighted by molar-refractivity contribution is 7.99. The molecule has 5 heteroatoms. The van der Waals surface area contributed by atoms with Gasteiger partial charge in [-0.25, -0.2) is 4.98 Å². The molecule has 2 nitrogen and oxygen atoms in total. The lowest BCUT2D eigenvalue weighted by molar-refractivity contribution is 0.943. The molecule has 0 radical (unpaired) electrons. The minimum absolute atomic E-state index is 0.587. The first-order valence-electron chi connectivity index (χ1n) is 5.47. The third kappa shape index (κ3) is 3.39. The molecule has 0 saturated heterocycles. The van der Waals surface area contributed by atoms with Gasteiger partial charge in [-0.05, 0) is 48.9 Å². The van der Waals surface area contributed by atoms with Gasteiger partial charge in [0, 0.05) is 16.1 Å². The Morgan fingerprint density at radius 3 is 2.78 bits per heavy atom. The van der Waals surface area contributed by atoms with Gasteiger partial charge >= 0.3 is 0 Å². The summed E-state index contributed by atoms with van der Waals surface area (Å²) in [6.07, 6.45) is 2.51. The Morgan fingerprint density at radius 2 is 2.06 bits per heavy atom. The van der Waals surface area contributed by atoms with E-state index in [1.165, 1.54) is 11.8 Å². The number of benzene rings is 1. The Kier molecular flexibility index (Phi) is 4.89. The zero-order valence-electron chi connectivity index (χ0n) is 9.57. The van der Waals surface area contributed by atoms with Crippen molar-refractivity contribution in [3.63, 3.8) is 0 Å². The summed E-state index contributed by atoms with van der Waals surface area (Å²) in [6, 6.07) is 9.42. The second kappa shape index (κ2) is 6.43. The fourth-order valence-electron chi connectivity index (χ4n) is 1.55. The van der Waals surface area contributed by atoms with E-state index in [0.717, 1.165) is 26.9 Å². The number of halogens is 2. The fraction of sp³-hybridized carbons (Fsp3) is 0.154. The first kappa shape index (κ1) is 13.7. The number of aromatic nitrogens is 1. The molecule has 0 amide bonds. The molecule has 0 fully saturated rings. The van der Waals surface area contributed by atoms with Gasteiger partial charge < -0.3 is 5.73 Å².